The SMILES string of the molecule is CCOCCN1c2nnc(-c3ccc(OC)cc3)n2C2C1C(=O)N(C)C(=O)N2C. The Morgan fingerprint density at radius 1 is 1.10 bits per heavy atom. The van der Waals surface area contributed by atoms with E-state index in [0.29, 0.717) is 31.5 Å². The number of ether oxygens (including phenoxy) is 2. The van der Waals surface area contributed by atoms with Crippen LogP contribution >= 0.6 is 0 Å². The molecular formula is C19H24N6O4. The molecule has 1 fully saturated rings. The largest absolute Gasteiger partial charge is 0.497 e. The van der Waals surface area contributed by atoms with E-state index in [0.717, 1.165) is 16.2 Å². The lowest BCUT2D eigenvalue weighted by Gasteiger charge is -2.40. The normalized spacial score (nSPS) is 20.9. The topological polar surface area (TPSA) is 93.0 Å². The Balaban J connectivity index is 1.80. The molecule has 0 saturated carbocycles. The van der Waals surface area contributed by atoms with E-state index in [1.54, 1.807) is 19.1 Å². The van der Waals surface area contributed by atoms with E-state index in [4.69, 9.17) is 9.47 Å². The Bertz CT molecular complexity index is 927. The van der Waals surface area contributed by atoms with Gasteiger partial charge >= 0.3 is 6.03 Å². The number of nitrogens with zero attached hydrogens (tertiary/aromatic N) is 6. The van der Waals surface area contributed by atoms with Crippen LogP contribution in [0.1, 0.15) is 13.1 Å². The molecule has 3 amide bonds. The van der Waals surface area contributed by atoms with Crippen LogP contribution < -0.4 is 9.64 Å². The van der Waals surface area contributed by atoms with Gasteiger partial charge in [0.15, 0.2) is 11.9 Å². The Morgan fingerprint density at radius 3 is 2.48 bits per heavy atom. The van der Waals surface area contributed by atoms with Gasteiger partial charge in [-0.2, -0.15) is 0 Å². The lowest BCUT2D eigenvalue weighted by Crippen LogP contribution is -2.61. The van der Waals surface area contributed by atoms with Gasteiger partial charge in [-0.3, -0.25) is 14.3 Å². The summed E-state index contributed by atoms with van der Waals surface area (Å²) in [6.45, 7) is 3.41. The standard InChI is InChI=1S/C19H24N6O4/c1-5-29-11-10-24-14-16(22(2)19(27)23(3)17(14)26)25-15(20-21-18(24)25)12-6-8-13(28-4)9-7-12/h6-9,14,16H,5,10-11H2,1-4H3. The number of methoxy groups -OCH3 is 1. The average Bonchev–Trinajstić information content (AvgIpc) is 3.30. The molecular weight excluding hydrogens is 376 g/mol. The van der Waals surface area contributed by atoms with Crippen molar-refractivity contribution in [2.24, 2.45) is 0 Å². The van der Waals surface area contributed by atoms with Crippen LogP contribution in [0.5, 0.6) is 5.75 Å². The zero-order valence-electron chi connectivity index (χ0n) is 16.9. The third-order valence-electron chi connectivity index (χ3n) is 5.42. The molecule has 0 spiro atoms. The summed E-state index contributed by atoms with van der Waals surface area (Å²) < 4.78 is 12.6. The minimum absolute atomic E-state index is 0.263. The predicted molar refractivity (Wildman–Crippen MR) is 105 cm³/mol. The van der Waals surface area contributed by atoms with E-state index < -0.39 is 12.2 Å². The van der Waals surface area contributed by atoms with Crippen molar-refractivity contribution in [2.75, 3.05) is 45.9 Å². The number of likely N-dealkylation sites (N-methyl/N-ethyl adjacent to an activating group) is 2. The van der Waals surface area contributed by atoms with Crippen LogP contribution in [0.2, 0.25) is 0 Å². The van der Waals surface area contributed by atoms with Crippen molar-refractivity contribution in [3.8, 4) is 17.1 Å². The highest BCUT2D eigenvalue weighted by molar-refractivity contribution is 6.02. The molecule has 1 saturated heterocycles. The number of aromatic nitrogens is 3. The van der Waals surface area contributed by atoms with Gasteiger partial charge in [-0.05, 0) is 31.2 Å². The smallest absolute Gasteiger partial charge is 0.327 e. The predicted octanol–water partition coefficient (Wildman–Crippen LogP) is 1.20. The molecule has 0 radical (unpaired) electrons. The average molecular weight is 400 g/mol. The number of urea groups is 1. The highest BCUT2D eigenvalue weighted by atomic mass is 16.5. The second-order valence-electron chi connectivity index (χ2n) is 6.96. The zero-order chi connectivity index (χ0) is 20.7. The van der Waals surface area contributed by atoms with Gasteiger partial charge in [-0.1, -0.05) is 0 Å². The van der Waals surface area contributed by atoms with E-state index in [2.05, 4.69) is 10.2 Å². The summed E-state index contributed by atoms with van der Waals surface area (Å²) in [6.07, 6.45) is -0.532. The maximum atomic E-state index is 13.0. The number of rotatable bonds is 6. The lowest BCUT2D eigenvalue weighted by molar-refractivity contribution is -0.133. The molecule has 0 aliphatic carbocycles. The number of anilines is 1. The Hall–Kier alpha value is -3.14. The van der Waals surface area contributed by atoms with E-state index in [9.17, 15) is 9.59 Å². The summed E-state index contributed by atoms with van der Waals surface area (Å²) in [7, 11) is 4.80. The fourth-order valence-corrected chi connectivity index (χ4v) is 3.92. The van der Waals surface area contributed by atoms with Gasteiger partial charge in [-0.15, -0.1) is 10.2 Å². The molecule has 2 aromatic rings. The van der Waals surface area contributed by atoms with Gasteiger partial charge < -0.3 is 19.3 Å². The number of hydrogen-bond donors (Lipinski definition) is 0. The highest BCUT2D eigenvalue weighted by Gasteiger charge is 2.54. The first kappa shape index (κ1) is 19.2. The third kappa shape index (κ3) is 2.91. The molecule has 154 valence electrons. The number of hydrogen-bond acceptors (Lipinski definition) is 7. The summed E-state index contributed by atoms with van der Waals surface area (Å²) in [4.78, 5) is 30.2. The second kappa shape index (κ2) is 7.36. The molecule has 10 nitrogen and oxygen atoms in total. The number of amides is 3. The van der Waals surface area contributed by atoms with Crippen LogP contribution in [0.3, 0.4) is 0 Å². The van der Waals surface area contributed by atoms with Crippen molar-refractivity contribution < 1.29 is 19.1 Å². The first-order valence-corrected chi connectivity index (χ1v) is 9.47. The second-order valence-corrected chi connectivity index (χ2v) is 6.96. The van der Waals surface area contributed by atoms with Gasteiger partial charge in [0.05, 0.1) is 13.7 Å². The fraction of sp³-hybridized carbons (Fsp3) is 0.474. The van der Waals surface area contributed by atoms with Crippen molar-refractivity contribution in [3.05, 3.63) is 24.3 Å². The van der Waals surface area contributed by atoms with E-state index in [-0.39, 0.29) is 11.9 Å². The Labute approximate surface area is 168 Å². The van der Waals surface area contributed by atoms with Crippen LogP contribution in [0.25, 0.3) is 11.4 Å². The summed E-state index contributed by atoms with van der Waals surface area (Å²) in [6, 6.07) is 6.50. The Kier molecular flexibility index (Phi) is 4.87. The number of imide groups is 1. The summed E-state index contributed by atoms with van der Waals surface area (Å²) in [5.41, 5.74) is 0.821. The van der Waals surface area contributed by atoms with Crippen molar-refractivity contribution in [2.45, 2.75) is 19.1 Å². The first-order chi connectivity index (χ1) is 14.0. The van der Waals surface area contributed by atoms with Gasteiger partial charge in [0.25, 0.3) is 5.91 Å². The molecule has 4 rings (SSSR count). The van der Waals surface area contributed by atoms with Crippen molar-refractivity contribution in [1.29, 1.82) is 0 Å². The van der Waals surface area contributed by atoms with E-state index >= 15 is 0 Å². The maximum absolute atomic E-state index is 13.0. The summed E-state index contributed by atoms with van der Waals surface area (Å²) in [5, 5.41) is 8.73. The van der Waals surface area contributed by atoms with Crippen LogP contribution in [0.15, 0.2) is 24.3 Å². The van der Waals surface area contributed by atoms with E-state index in [1.807, 2.05) is 40.7 Å². The van der Waals surface area contributed by atoms with Gasteiger partial charge in [0, 0.05) is 32.8 Å². The number of benzene rings is 1. The molecule has 2 unspecified atom stereocenters. The van der Waals surface area contributed by atoms with Gasteiger partial charge in [0.1, 0.15) is 11.9 Å². The number of fused-ring (bicyclic) bond motifs is 3. The van der Waals surface area contributed by atoms with Crippen molar-refractivity contribution in [1.82, 2.24) is 24.6 Å². The lowest BCUT2D eigenvalue weighted by atomic mass is 10.1. The highest BCUT2D eigenvalue weighted by Crippen LogP contribution is 2.42. The minimum Gasteiger partial charge on any atom is -0.497 e. The number of carbonyl (C=O) groups excluding carboxylic acids is 2. The van der Waals surface area contributed by atoms with Crippen molar-refractivity contribution >= 4 is 17.9 Å². The minimum atomic E-state index is -0.578. The zero-order valence-corrected chi connectivity index (χ0v) is 16.9. The number of carbonyl (C=O) groups is 2. The molecule has 2 atom stereocenters. The van der Waals surface area contributed by atoms with Crippen LogP contribution in [-0.2, 0) is 9.53 Å². The third-order valence-corrected chi connectivity index (χ3v) is 5.42. The molecule has 29 heavy (non-hydrogen) atoms. The van der Waals surface area contributed by atoms with Crippen LogP contribution in [0.4, 0.5) is 10.7 Å². The summed E-state index contributed by atoms with van der Waals surface area (Å²) in [5.74, 6) is 1.61. The summed E-state index contributed by atoms with van der Waals surface area (Å²) >= 11 is 0. The molecule has 0 bridgehead atoms. The quantitative estimate of drug-likeness (QED) is 0.673. The van der Waals surface area contributed by atoms with Crippen LogP contribution in [-0.4, -0.2) is 83.5 Å². The Morgan fingerprint density at radius 2 is 1.83 bits per heavy atom. The molecule has 2 aliphatic rings. The fourth-order valence-electron chi connectivity index (χ4n) is 3.92. The van der Waals surface area contributed by atoms with Crippen LogP contribution in [0, 0.1) is 0 Å². The molecule has 10 heteroatoms. The monoisotopic (exact) mass is 400 g/mol. The van der Waals surface area contributed by atoms with Gasteiger partial charge in [-0.25, -0.2) is 4.79 Å². The first-order valence-electron chi connectivity index (χ1n) is 9.47. The van der Waals surface area contributed by atoms with E-state index in [1.165, 1.54) is 7.05 Å². The maximum Gasteiger partial charge on any atom is 0.327 e. The molecule has 0 N–H and O–H groups in total. The molecule has 2 aliphatic heterocycles. The molecule has 1 aromatic heterocycles. The molecule has 3 heterocycles. The van der Waals surface area contributed by atoms with Gasteiger partial charge in [0.2, 0.25) is 5.95 Å². The van der Waals surface area contributed by atoms with Crippen molar-refractivity contribution in [3.63, 3.8) is 0 Å². The molecule has 1 aromatic carbocycles.